The monoisotopic (exact) mass is 344 g/mol. The molecular weight excluding hydrogens is 325 g/mol. The number of hydrogen-bond donors (Lipinski definition) is 0. The Hall–Kier alpha value is -2.25. The van der Waals surface area contributed by atoms with E-state index in [2.05, 4.69) is 0 Å². The van der Waals surface area contributed by atoms with E-state index < -0.39 is 12.1 Å². The summed E-state index contributed by atoms with van der Waals surface area (Å²) in [4.78, 5) is 25.5. The van der Waals surface area contributed by atoms with Crippen molar-refractivity contribution in [2.45, 2.75) is 19.0 Å². The summed E-state index contributed by atoms with van der Waals surface area (Å²) in [5.41, 5.74) is 0.982. The van der Waals surface area contributed by atoms with Gasteiger partial charge in [0.2, 0.25) is 5.91 Å². The Labute approximate surface area is 138 Å². The van der Waals surface area contributed by atoms with Gasteiger partial charge >= 0.3 is 12.1 Å². The number of aryl methyl sites for hydroxylation is 1. The van der Waals surface area contributed by atoms with Crippen molar-refractivity contribution in [3.05, 3.63) is 29.8 Å². The number of carbonyl (C=O) groups excluding carboxylic acids is 2. The molecule has 2 rings (SSSR count). The molecule has 1 aliphatic heterocycles. The first-order valence-electron chi connectivity index (χ1n) is 7.58. The molecule has 1 aromatic rings. The van der Waals surface area contributed by atoms with Crippen molar-refractivity contribution in [1.29, 1.82) is 0 Å². The standard InChI is InChI=1S/C16H19F3N2O3/c1-24-13-5-2-12(3-6-13)4-7-14(22)20-8-10-21(11-9-20)15(23)16(17,18)19/h2-3,5-6H,4,7-11H2,1H3. The highest BCUT2D eigenvalue weighted by Gasteiger charge is 2.43. The molecule has 0 unspecified atom stereocenters. The Kier molecular flexibility index (Phi) is 5.69. The van der Waals surface area contributed by atoms with E-state index in [1.54, 1.807) is 19.2 Å². The van der Waals surface area contributed by atoms with Crippen molar-refractivity contribution in [2.75, 3.05) is 33.3 Å². The average Bonchev–Trinajstić information content (AvgIpc) is 2.58. The van der Waals surface area contributed by atoms with E-state index in [1.165, 1.54) is 4.90 Å². The number of benzene rings is 1. The topological polar surface area (TPSA) is 49.9 Å². The normalized spacial score (nSPS) is 15.3. The van der Waals surface area contributed by atoms with Gasteiger partial charge in [-0.25, -0.2) is 0 Å². The van der Waals surface area contributed by atoms with Crippen LogP contribution in [0.5, 0.6) is 5.75 Å². The lowest BCUT2D eigenvalue weighted by molar-refractivity contribution is -0.187. The number of methoxy groups -OCH3 is 1. The summed E-state index contributed by atoms with van der Waals surface area (Å²) < 4.78 is 42.2. The minimum atomic E-state index is -4.86. The summed E-state index contributed by atoms with van der Waals surface area (Å²) in [7, 11) is 1.57. The molecule has 1 aromatic carbocycles. The average molecular weight is 344 g/mol. The summed E-state index contributed by atoms with van der Waals surface area (Å²) in [6, 6.07) is 7.35. The number of rotatable bonds is 4. The predicted octanol–water partition coefficient (Wildman–Crippen LogP) is 1.86. The maximum Gasteiger partial charge on any atom is 0.471 e. The van der Waals surface area contributed by atoms with Gasteiger partial charge in [0.05, 0.1) is 7.11 Å². The molecule has 24 heavy (non-hydrogen) atoms. The number of piperazine rings is 1. The van der Waals surface area contributed by atoms with Crippen LogP contribution in [0.15, 0.2) is 24.3 Å². The third-order valence-electron chi connectivity index (χ3n) is 3.95. The van der Waals surface area contributed by atoms with Gasteiger partial charge in [0.1, 0.15) is 5.75 Å². The molecule has 1 saturated heterocycles. The van der Waals surface area contributed by atoms with Crippen LogP contribution in [0.3, 0.4) is 0 Å². The molecule has 0 aliphatic carbocycles. The van der Waals surface area contributed by atoms with E-state index in [1.807, 2.05) is 12.1 Å². The van der Waals surface area contributed by atoms with Crippen LogP contribution >= 0.6 is 0 Å². The summed E-state index contributed by atoms with van der Waals surface area (Å²) in [6.45, 7) is 0.0752. The summed E-state index contributed by atoms with van der Waals surface area (Å²) in [5, 5.41) is 0. The molecule has 0 aromatic heterocycles. The minimum Gasteiger partial charge on any atom is -0.497 e. The first-order valence-corrected chi connectivity index (χ1v) is 7.58. The minimum absolute atomic E-state index is 0.0907. The highest BCUT2D eigenvalue weighted by atomic mass is 19.4. The van der Waals surface area contributed by atoms with Crippen molar-refractivity contribution in [3.8, 4) is 5.75 Å². The van der Waals surface area contributed by atoms with Crippen LogP contribution in [-0.4, -0.2) is 61.1 Å². The van der Waals surface area contributed by atoms with Crippen LogP contribution < -0.4 is 4.74 Å². The lowest BCUT2D eigenvalue weighted by Gasteiger charge is -2.35. The zero-order valence-corrected chi connectivity index (χ0v) is 13.3. The number of halogens is 3. The Bertz CT molecular complexity index is 579. The number of carbonyl (C=O) groups is 2. The van der Waals surface area contributed by atoms with E-state index >= 15 is 0 Å². The van der Waals surface area contributed by atoms with Crippen LogP contribution in [-0.2, 0) is 16.0 Å². The predicted molar refractivity (Wildman–Crippen MR) is 80.5 cm³/mol. The van der Waals surface area contributed by atoms with E-state index in [0.717, 1.165) is 16.2 Å². The highest BCUT2D eigenvalue weighted by Crippen LogP contribution is 2.20. The first kappa shape index (κ1) is 18.1. The van der Waals surface area contributed by atoms with Gasteiger partial charge < -0.3 is 14.5 Å². The summed E-state index contributed by atoms with van der Waals surface area (Å²) in [6.07, 6.45) is -4.04. The van der Waals surface area contributed by atoms with Gasteiger partial charge in [-0.05, 0) is 24.1 Å². The smallest absolute Gasteiger partial charge is 0.471 e. The number of amides is 2. The van der Waals surface area contributed by atoms with Crippen molar-refractivity contribution >= 4 is 11.8 Å². The lowest BCUT2D eigenvalue weighted by atomic mass is 10.1. The Morgan fingerprint density at radius 1 is 1.04 bits per heavy atom. The first-order chi connectivity index (χ1) is 11.3. The number of alkyl halides is 3. The fourth-order valence-corrected chi connectivity index (χ4v) is 2.54. The van der Waals surface area contributed by atoms with Gasteiger partial charge in [0.25, 0.3) is 0 Å². The van der Waals surface area contributed by atoms with E-state index in [9.17, 15) is 22.8 Å². The van der Waals surface area contributed by atoms with E-state index in [-0.39, 0.29) is 38.5 Å². The number of ether oxygens (including phenoxy) is 1. The maximum atomic E-state index is 12.4. The van der Waals surface area contributed by atoms with Crippen LogP contribution in [0.1, 0.15) is 12.0 Å². The Morgan fingerprint density at radius 3 is 2.08 bits per heavy atom. The molecule has 0 N–H and O–H groups in total. The van der Waals surface area contributed by atoms with Crippen LogP contribution in [0, 0.1) is 0 Å². The van der Waals surface area contributed by atoms with E-state index in [4.69, 9.17) is 4.74 Å². The molecule has 2 amide bonds. The number of nitrogens with zero attached hydrogens (tertiary/aromatic N) is 2. The van der Waals surface area contributed by atoms with Gasteiger partial charge in [-0.3, -0.25) is 9.59 Å². The van der Waals surface area contributed by atoms with Gasteiger partial charge in [0.15, 0.2) is 0 Å². The van der Waals surface area contributed by atoms with Crippen molar-refractivity contribution in [2.24, 2.45) is 0 Å². The van der Waals surface area contributed by atoms with Gasteiger partial charge in [-0.1, -0.05) is 12.1 Å². The van der Waals surface area contributed by atoms with Gasteiger partial charge in [-0.2, -0.15) is 13.2 Å². The Balaban J connectivity index is 1.79. The summed E-state index contributed by atoms with van der Waals surface area (Å²) in [5.74, 6) is -1.23. The second-order valence-corrected chi connectivity index (χ2v) is 5.52. The quantitative estimate of drug-likeness (QED) is 0.838. The summed E-state index contributed by atoms with van der Waals surface area (Å²) >= 11 is 0. The van der Waals surface area contributed by atoms with Crippen molar-refractivity contribution in [1.82, 2.24) is 9.80 Å². The molecule has 5 nitrogen and oxygen atoms in total. The molecule has 0 atom stereocenters. The molecule has 0 spiro atoms. The third kappa shape index (κ3) is 4.62. The Morgan fingerprint density at radius 2 is 1.58 bits per heavy atom. The second kappa shape index (κ2) is 7.55. The molecule has 1 fully saturated rings. The molecule has 0 radical (unpaired) electrons. The third-order valence-corrected chi connectivity index (χ3v) is 3.95. The van der Waals surface area contributed by atoms with Crippen LogP contribution in [0.25, 0.3) is 0 Å². The zero-order valence-electron chi connectivity index (χ0n) is 13.3. The zero-order chi connectivity index (χ0) is 17.7. The lowest BCUT2D eigenvalue weighted by Crippen LogP contribution is -2.53. The SMILES string of the molecule is COc1ccc(CCC(=O)N2CCN(C(=O)C(F)(F)F)CC2)cc1. The fourth-order valence-electron chi connectivity index (χ4n) is 2.54. The highest BCUT2D eigenvalue weighted by molar-refractivity contribution is 5.82. The van der Waals surface area contributed by atoms with Crippen molar-refractivity contribution in [3.63, 3.8) is 0 Å². The molecule has 0 saturated carbocycles. The molecule has 132 valence electrons. The van der Waals surface area contributed by atoms with Crippen LogP contribution in [0.2, 0.25) is 0 Å². The van der Waals surface area contributed by atoms with Crippen LogP contribution in [0.4, 0.5) is 13.2 Å². The largest absolute Gasteiger partial charge is 0.497 e. The second-order valence-electron chi connectivity index (χ2n) is 5.52. The molecule has 8 heteroatoms. The van der Waals surface area contributed by atoms with Crippen molar-refractivity contribution < 1.29 is 27.5 Å². The maximum absolute atomic E-state index is 12.4. The molecule has 1 aliphatic rings. The molecular formula is C16H19F3N2O3. The van der Waals surface area contributed by atoms with Gasteiger partial charge in [-0.15, -0.1) is 0 Å². The number of hydrogen-bond acceptors (Lipinski definition) is 3. The molecule has 0 bridgehead atoms. The molecule has 1 heterocycles. The fraction of sp³-hybridized carbons (Fsp3) is 0.500. The van der Waals surface area contributed by atoms with E-state index in [0.29, 0.717) is 6.42 Å². The van der Waals surface area contributed by atoms with Gasteiger partial charge in [0, 0.05) is 32.6 Å².